The zero-order chi connectivity index (χ0) is 9.10. The second kappa shape index (κ2) is 3.93. The highest BCUT2D eigenvalue weighted by molar-refractivity contribution is 5.21. The zero-order valence-electron chi connectivity index (χ0n) is 7.95. The highest BCUT2D eigenvalue weighted by atomic mass is 14.9. The van der Waals surface area contributed by atoms with Crippen LogP contribution in [0.4, 0.5) is 0 Å². The Morgan fingerprint density at radius 2 is 1.92 bits per heavy atom. The van der Waals surface area contributed by atoms with Crippen LogP contribution in [0.1, 0.15) is 30.7 Å². The van der Waals surface area contributed by atoms with Crippen molar-refractivity contribution in [1.82, 2.24) is 0 Å². The molecule has 1 aromatic carbocycles. The standard InChI is InChI=1S/C12H17N/c1-13-12-9-5-8-11(12)10-6-3-2-4-7-10/h2-4,6-7,11-12H,1,5,8-9,13H2/t11-,12-/m1/s1. The van der Waals surface area contributed by atoms with Gasteiger partial charge in [0.1, 0.15) is 0 Å². The van der Waals surface area contributed by atoms with Crippen molar-refractivity contribution in [3.8, 4) is 0 Å². The van der Waals surface area contributed by atoms with Gasteiger partial charge in [-0.1, -0.05) is 30.3 Å². The van der Waals surface area contributed by atoms with Gasteiger partial charge >= 0.3 is 0 Å². The maximum atomic E-state index is 3.92. The van der Waals surface area contributed by atoms with E-state index < -0.39 is 0 Å². The SMILES string of the molecule is [CH2-][NH2+][C@@H]1CCC[C@@H]1c1ccccc1. The lowest BCUT2D eigenvalue weighted by molar-refractivity contribution is -0.635. The van der Waals surface area contributed by atoms with Crippen LogP contribution in [0.3, 0.4) is 0 Å². The number of nitrogens with two attached hydrogens (primary N) is 1. The van der Waals surface area contributed by atoms with Gasteiger partial charge in [0.2, 0.25) is 0 Å². The first kappa shape index (κ1) is 8.76. The van der Waals surface area contributed by atoms with Crippen LogP contribution in [0, 0.1) is 7.05 Å². The Hall–Kier alpha value is -0.820. The molecule has 0 saturated heterocycles. The molecule has 1 fully saturated rings. The predicted molar refractivity (Wildman–Crippen MR) is 54.1 cm³/mol. The van der Waals surface area contributed by atoms with E-state index in [4.69, 9.17) is 0 Å². The van der Waals surface area contributed by atoms with Crippen molar-refractivity contribution < 1.29 is 5.32 Å². The van der Waals surface area contributed by atoms with Gasteiger partial charge in [0, 0.05) is 5.92 Å². The van der Waals surface area contributed by atoms with Gasteiger partial charge in [-0.05, 0) is 24.8 Å². The fourth-order valence-electron chi connectivity index (χ4n) is 2.38. The minimum atomic E-state index is 0.711. The van der Waals surface area contributed by atoms with Crippen molar-refractivity contribution in [2.75, 3.05) is 0 Å². The summed E-state index contributed by atoms with van der Waals surface area (Å²) in [6.07, 6.45) is 4.01. The van der Waals surface area contributed by atoms with Crippen molar-refractivity contribution in [2.24, 2.45) is 0 Å². The molecule has 2 atom stereocenters. The minimum absolute atomic E-state index is 0.711. The first-order chi connectivity index (χ1) is 6.42. The normalized spacial score (nSPS) is 27.8. The summed E-state index contributed by atoms with van der Waals surface area (Å²) < 4.78 is 0. The van der Waals surface area contributed by atoms with E-state index in [9.17, 15) is 0 Å². The molecule has 0 aliphatic heterocycles. The van der Waals surface area contributed by atoms with Crippen LogP contribution in [-0.4, -0.2) is 6.04 Å². The van der Waals surface area contributed by atoms with Crippen LogP contribution in [-0.2, 0) is 0 Å². The molecule has 70 valence electrons. The van der Waals surface area contributed by atoms with Crippen molar-refractivity contribution in [3.05, 3.63) is 42.9 Å². The second-order valence-electron chi connectivity index (χ2n) is 3.85. The molecule has 0 aromatic heterocycles. The summed E-state index contributed by atoms with van der Waals surface area (Å²) >= 11 is 0. The summed E-state index contributed by atoms with van der Waals surface area (Å²) in [4.78, 5) is 0. The molecular weight excluding hydrogens is 158 g/mol. The van der Waals surface area contributed by atoms with E-state index in [1.165, 1.54) is 24.8 Å². The highest BCUT2D eigenvalue weighted by Gasteiger charge is 2.28. The average molecular weight is 175 g/mol. The van der Waals surface area contributed by atoms with Gasteiger partial charge < -0.3 is 5.32 Å². The molecule has 1 aromatic rings. The topological polar surface area (TPSA) is 16.6 Å². The van der Waals surface area contributed by atoms with Gasteiger partial charge in [-0.2, -0.15) is 7.05 Å². The Morgan fingerprint density at radius 3 is 2.62 bits per heavy atom. The lowest BCUT2D eigenvalue weighted by Gasteiger charge is -2.19. The first-order valence-electron chi connectivity index (χ1n) is 5.09. The predicted octanol–water partition coefficient (Wildman–Crippen LogP) is 1.68. The van der Waals surface area contributed by atoms with E-state index in [1.807, 2.05) is 0 Å². The largest absolute Gasteiger partial charge is 0.476 e. The maximum absolute atomic E-state index is 3.92. The number of hydrogen-bond acceptors (Lipinski definition) is 0. The van der Waals surface area contributed by atoms with Crippen LogP contribution in [0.5, 0.6) is 0 Å². The zero-order valence-corrected chi connectivity index (χ0v) is 7.95. The minimum Gasteiger partial charge on any atom is -0.476 e. The van der Waals surface area contributed by atoms with Gasteiger partial charge in [0.05, 0.1) is 6.04 Å². The quantitative estimate of drug-likeness (QED) is 0.659. The fourth-order valence-corrected chi connectivity index (χ4v) is 2.38. The van der Waals surface area contributed by atoms with Gasteiger partial charge in [-0.25, -0.2) is 0 Å². The maximum Gasteiger partial charge on any atom is 0.0689 e. The summed E-state index contributed by atoms with van der Waals surface area (Å²) in [5, 5.41) is 2.13. The molecule has 2 N–H and O–H groups in total. The Labute approximate surface area is 80.2 Å². The lowest BCUT2D eigenvalue weighted by Crippen LogP contribution is -2.84. The van der Waals surface area contributed by atoms with E-state index >= 15 is 0 Å². The monoisotopic (exact) mass is 175 g/mol. The van der Waals surface area contributed by atoms with Crippen molar-refractivity contribution in [2.45, 2.75) is 31.2 Å². The highest BCUT2D eigenvalue weighted by Crippen LogP contribution is 2.32. The van der Waals surface area contributed by atoms with E-state index in [2.05, 4.69) is 42.7 Å². The van der Waals surface area contributed by atoms with Gasteiger partial charge in [0.25, 0.3) is 0 Å². The summed E-state index contributed by atoms with van der Waals surface area (Å²) in [5.74, 6) is 0.735. The third-order valence-electron chi connectivity index (χ3n) is 3.10. The summed E-state index contributed by atoms with van der Waals surface area (Å²) in [5.41, 5.74) is 1.49. The van der Waals surface area contributed by atoms with Crippen LogP contribution < -0.4 is 5.32 Å². The molecule has 1 heteroatoms. The lowest BCUT2D eigenvalue weighted by atomic mass is 9.94. The van der Waals surface area contributed by atoms with Crippen LogP contribution in [0.2, 0.25) is 0 Å². The van der Waals surface area contributed by atoms with Crippen molar-refractivity contribution >= 4 is 0 Å². The van der Waals surface area contributed by atoms with Crippen LogP contribution in [0.15, 0.2) is 30.3 Å². The van der Waals surface area contributed by atoms with Gasteiger partial charge in [0.15, 0.2) is 0 Å². The van der Waals surface area contributed by atoms with Crippen molar-refractivity contribution in [3.63, 3.8) is 0 Å². The van der Waals surface area contributed by atoms with Crippen molar-refractivity contribution in [1.29, 1.82) is 0 Å². The second-order valence-corrected chi connectivity index (χ2v) is 3.85. The molecule has 1 nitrogen and oxygen atoms in total. The number of hydrogen-bond donors (Lipinski definition) is 1. The molecule has 1 saturated carbocycles. The Kier molecular flexibility index (Phi) is 2.65. The molecule has 2 rings (SSSR count). The van der Waals surface area contributed by atoms with Crippen LogP contribution >= 0.6 is 0 Å². The van der Waals surface area contributed by atoms with Crippen LogP contribution in [0.25, 0.3) is 0 Å². The van der Waals surface area contributed by atoms with E-state index in [-0.39, 0.29) is 0 Å². The summed E-state index contributed by atoms with van der Waals surface area (Å²) in [6, 6.07) is 11.5. The van der Waals surface area contributed by atoms with Gasteiger partial charge in [-0.15, -0.1) is 0 Å². The molecular formula is C12H17N. The molecule has 0 spiro atoms. The molecule has 1 aliphatic carbocycles. The Bertz CT molecular complexity index is 255. The molecule has 13 heavy (non-hydrogen) atoms. The molecule has 0 radical (unpaired) electrons. The smallest absolute Gasteiger partial charge is 0.0689 e. The third-order valence-corrected chi connectivity index (χ3v) is 3.10. The molecule has 0 bridgehead atoms. The van der Waals surface area contributed by atoms with Gasteiger partial charge in [-0.3, -0.25) is 0 Å². The average Bonchev–Trinajstić information content (AvgIpc) is 2.67. The summed E-state index contributed by atoms with van der Waals surface area (Å²) in [7, 11) is 3.92. The first-order valence-corrected chi connectivity index (χ1v) is 5.09. The Morgan fingerprint density at radius 1 is 1.15 bits per heavy atom. The fraction of sp³-hybridized carbons (Fsp3) is 0.417. The Balaban J connectivity index is 2.16. The van der Waals surface area contributed by atoms with E-state index in [0.717, 1.165) is 5.92 Å². The summed E-state index contributed by atoms with van der Waals surface area (Å²) in [6.45, 7) is 0. The van der Waals surface area contributed by atoms with E-state index in [0.29, 0.717) is 6.04 Å². The third kappa shape index (κ3) is 1.75. The number of benzene rings is 1. The molecule has 1 aliphatic rings. The molecule has 0 heterocycles. The molecule has 0 unspecified atom stereocenters. The van der Waals surface area contributed by atoms with E-state index in [1.54, 1.807) is 0 Å². The number of quaternary nitrogens is 1. The number of rotatable bonds is 2. The molecule has 0 amide bonds.